The molecule has 0 spiro atoms. The summed E-state index contributed by atoms with van der Waals surface area (Å²) in [6.07, 6.45) is 5.00. The summed E-state index contributed by atoms with van der Waals surface area (Å²) in [5.41, 5.74) is 0.718. The first kappa shape index (κ1) is 23.1. The van der Waals surface area contributed by atoms with Crippen molar-refractivity contribution in [3.05, 3.63) is 23.8 Å². The van der Waals surface area contributed by atoms with Crippen LogP contribution in [0.5, 0.6) is 11.5 Å². The van der Waals surface area contributed by atoms with Gasteiger partial charge in [-0.25, -0.2) is 0 Å². The molecule has 2 aliphatic heterocycles. The van der Waals surface area contributed by atoms with Crippen LogP contribution < -0.4 is 10.6 Å². The predicted octanol–water partition coefficient (Wildman–Crippen LogP) is 0.867. The van der Waals surface area contributed by atoms with Crippen molar-refractivity contribution in [3.63, 3.8) is 0 Å². The number of hydrogen-bond donors (Lipinski definition) is 4. The van der Waals surface area contributed by atoms with E-state index in [1.807, 2.05) is 0 Å². The normalized spacial score (nSPS) is 27.2. The zero-order valence-corrected chi connectivity index (χ0v) is 18.5. The van der Waals surface area contributed by atoms with Crippen LogP contribution in [0.4, 0.5) is 0 Å². The molecule has 5 atom stereocenters. The molecule has 1 aliphatic carbocycles. The van der Waals surface area contributed by atoms with Crippen molar-refractivity contribution in [1.82, 2.24) is 15.5 Å². The van der Waals surface area contributed by atoms with E-state index in [-0.39, 0.29) is 59.8 Å². The molecule has 3 amide bonds. The number of rotatable bonds is 8. The molecule has 33 heavy (non-hydrogen) atoms. The van der Waals surface area contributed by atoms with E-state index >= 15 is 0 Å². The SMILES string of the molecule is O=C[C@H](C[C@@H]1CCNC1=O)NC(=O)C1[C@H]2CCC[C@H]2CN1C(=O)CCc1ccc(O)c(O)c1. The lowest BCUT2D eigenvalue weighted by Crippen LogP contribution is -2.52. The number of nitrogens with zero attached hydrogens (tertiary/aromatic N) is 1. The summed E-state index contributed by atoms with van der Waals surface area (Å²) < 4.78 is 0. The molecule has 178 valence electrons. The van der Waals surface area contributed by atoms with Crippen LogP contribution in [0, 0.1) is 17.8 Å². The quantitative estimate of drug-likeness (QED) is 0.338. The lowest BCUT2D eigenvalue weighted by molar-refractivity contribution is -0.140. The van der Waals surface area contributed by atoms with E-state index in [1.165, 1.54) is 12.1 Å². The van der Waals surface area contributed by atoms with E-state index < -0.39 is 12.1 Å². The molecule has 0 radical (unpaired) electrons. The third-order valence-corrected chi connectivity index (χ3v) is 7.34. The molecule has 4 N–H and O–H groups in total. The highest BCUT2D eigenvalue weighted by Gasteiger charge is 2.49. The van der Waals surface area contributed by atoms with Crippen molar-refractivity contribution in [2.24, 2.45) is 17.8 Å². The van der Waals surface area contributed by atoms with Gasteiger partial charge in [-0.05, 0) is 61.6 Å². The highest BCUT2D eigenvalue weighted by Crippen LogP contribution is 2.42. The fraction of sp³-hybridized carbons (Fsp3) is 0.583. The Labute approximate surface area is 192 Å². The predicted molar refractivity (Wildman–Crippen MR) is 118 cm³/mol. The average molecular weight is 458 g/mol. The van der Waals surface area contributed by atoms with Crippen LogP contribution in [0.2, 0.25) is 0 Å². The summed E-state index contributed by atoms with van der Waals surface area (Å²) in [4.78, 5) is 51.5. The van der Waals surface area contributed by atoms with Gasteiger partial charge in [-0.2, -0.15) is 0 Å². The Bertz CT molecular complexity index is 935. The van der Waals surface area contributed by atoms with Crippen LogP contribution in [-0.2, 0) is 25.6 Å². The molecule has 3 fully saturated rings. The number of carbonyl (C=O) groups is 4. The van der Waals surface area contributed by atoms with E-state index in [0.717, 1.165) is 24.8 Å². The third-order valence-electron chi connectivity index (χ3n) is 7.34. The molecule has 1 aromatic rings. The summed E-state index contributed by atoms with van der Waals surface area (Å²) >= 11 is 0. The van der Waals surface area contributed by atoms with Gasteiger partial charge in [-0.15, -0.1) is 0 Å². The summed E-state index contributed by atoms with van der Waals surface area (Å²) in [6.45, 7) is 1.11. The molecule has 0 aromatic heterocycles. The first-order valence-corrected chi connectivity index (χ1v) is 11.7. The maximum absolute atomic E-state index is 13.3. The molecular formula is C24H31N3O6. The highest BCUT2D eigenvalue weighted by molar-refractivity contribution is 5.90. The van der Waals surface area contributed by atoms with Crippen molar-refractivity contribution in [1.29, 1.82) is 0 Å². The van der Waals surface area contributed by atoms with Crippen LogP contribution in [0.3, 0.4) is 0 Å². The molecule has 3 aliphatic rings. The lowest BCUT2D eigenvalue weighted by atomic mass is 9.92. The Hall–Kier alpha value is -3.10. The molecule has 2 saturated heterocycles. The van der Waals surface area contributed by atoms with Gasteiger partial charge in [0.05, 0.1) is 6.04 Å². The van der Waals surface area contributed by atoms with Gasteiger partial charge < -0.3 is 30.5 Å². The van der Waals surface area contributed by atoms with Crippen LogP contribution in [0.15, 0.2) is 18.2 Å². The second-order valence-electron chi connectivity index (χ2n) is 9.43. The summed E-state index contributed by atoms with van der Waals surface area (Å²) in [5.74, 6) is -0.942. The molecular weight excluding hydrogens is 426 g/mol. The largest absolute Gasteiger partial charge is 0.504 e. The molecule has 9 nitrogen and oxygen atoms in total. The number of benzene rings is 1. The minimum atomic E-state index is -0.760. The lowest BCUT2D eigenvalue weighted by Gasteiger charge is -2.28. The number of aldehydes is 1. The first-order valence-electron chi connectivity index (χ1n) is 11.7. The number of phenols is 2. The molecule has 2 heterocycles. The van der Waals surface area contributed by atoms with Crippen molar-refractivity contribution < 1.29 is 29.4 Å². The van der Waals surface area contributed by atoms with Crippen molar-refractivity contribution in [2.75, 3.05) is 13.1 Å². The molecule has 1 saturated carbocycles. The maximum Gasteiger partial charge on any atom is 0.243 e. The average Bonchev–Trinajstić information content (AvgIpc) is 3.50. The van der Waals surface area contributed by atoms with Crippen LogP contribution >= 0.6 is 0 Å². The van der Waals surface area contributed by atoms with Gasteiger partial charge >= 0.3 is 0 Å². The fourth-order valence-corrected chi connectivity index (χ4v) is 5.61. The van der Waals surface area contributed by atoms with Gasteiger partial charge in [-0.3, -0.25) is 14.4 Å². The number of aromatic hydroxyl groups is 2. The maximum atomic E-state index is 13.3. The molecule has 1 unspecified atom stereocenters. The Morgan fingerprint density at radius 3 is 2.73 bits per heavy atom. The van der Waals surface area contributed by atoms with Crippen LogP contribution in [0.25, 0.3) is 0 Å². The van der Waals surface area contributed by atoms with Gasteiger partial charge in [0.1, 0.15) is 12.3 Å². The van der Waals surface area contributed by atoms with Crippen LogP contribution in [0.1, 0.15) is 44.1 Å². The Balaban J connectivity index is 1.41. The first-order chi connectivity index (χ1) is 15.9. The fourth-order valence-electron chi connectivity index (χ4n) is 5.61. The minimum Gasteiger partial charge on any atom is -0.504 e. The minimum absolute atomic E-state index is 0.0775. The number of fused-ring (bicyclic) bond motifs is 1. The summed E-state index contributed by atoms with van der Waals surface area (Å²) in [5, 5.41) is 24.7. The summed E-state index contributed by atoms with van der Waals surface area (Å²) in [6, 6.07) is 3.09. The monoisotopic (exact) mass is 457 g/mol. The van der Waals surface area contributed by atoms with Gasteiger partial charge in [0.25, 0.3) is 0 Å². The van der Waals surface area contributed by atoms with E-state index in [4.69, 9.17) is 0 Å². The summed E-state index contributed by atoms with van der Waals surface area (Å²) in [7, 11) is 0. The van der Waals surface area contributed by atoms with E-state index in [1.54, 1.807) is 11.0 Å². The van der Waals surface area contributed by atoms with Crippen molar-refractivity contribution in [2.45, 2.75) is 57.0 Å². The number of amides is 3. The van der Waals surface area contributed by atoms with Gasteiger partial charge in [-0.1, -0.05) is 12.5 Å². The van der Waals surface area contributed by atoms with Gasteiger partial charge in [0.2, 0.25) is 17.7 Å². The van der Waals surface area contributed by atoms with E-state index in [9.17, 15) is 29.4 Å². The smallest absolute Gasteiger partial charge is 0.243 e. The molecule has 1 aromatic carbocycles. The zero-order chi connectivity index (χ0) is 23.5. The number of nitrogens with one attached hydrogen (secondary N) is 2. The molecule has 0 bridgehead atoms. The Morgan fingerprint density at radius 1 is 1.21 bits per heavy atom. The van der Waals surface area contributed by atoms with Crippen molar-refractivity contribution in [3.8, 4) is 11.5 Å². The standard InChI is InChI=1S/C24H31N3O6/c28-13-17(11-15-8-9-25-23(15)32)26-24(33)22-18-3-1-2-16(18)12-27(22)21(31)7-5-14-4-6-19(29)20(30)10-14/h4,6,10,13,15-18,22,29-30H,1-3,5,7-9,11-12H2,(H,25,32)(H,26,33)/t15-,16-,17-,18-,22?/m0/s1. The number of carbonyl (C=O) groups excluding carboxylic acids is 4. The Morgan fingerprint density at radius 2 is 2.03 bits per heavy atom. The zero-order valence-electron chi connectivity index (χ0n) is 18.5. The van der Waals surface area contributed by atoms with E-state index in [2.05, 4.69) is 10.6 Å². The number of likely N-dealkylation sites (tertiary alicyclic amines) is 1. The number of aryl methyl sites for hydroxylation is 1. The number of hydrogen-bond acceptors (Lipinski definition) is 6. The van der Waals surface area contributed by atoms with Gasteiger partial charge in [0.15, 0.2) is 11.5 Å². The van der Waals surface area contributed by atoms with Crippen LogP contribution in [-0.4, -0.2) is 64.3 Å². The number of phenolic OH excluding ortho intramolecular Hbond substituents is 2. The van der Waals surface area contributed by atoms with E-state index in [0.29, 0.717) is 32.2 Å². The second-order valence-corrected chi connectivity index (χ2v) is 9.43. The van der Waals surface area contributed by atoms with Crippen molar-refractivity contribution >= 4 is 24.0 Å². The second kappa shape index (κ2) is 9.80. The van der Waals surface area contributed by atoms with Gasteiger partial charge in [0, 0.05) is 25.4 Å². The Kier molecular flexibility index (Phi) is 6.85. The molecule has 9 heteroatoms. The molecule has 4 rings (SSSR count). The topological polar surface area (TPSA) is 136 Å². The third kappa shape index (κ3) is 4.96. The highest BCUT2D eigenvalue weighted by atomic mass is 16.3.